The van der Waals surface area contributed by atoms with Gasteiger partial charge in [-0.15, -0.1) is 0 Å². The third-order valence-corrected chi connectivity index (χ3v) is 4.11. The second-order valence-corrected chi connectivity index (χ2v) is 5.70. The number of nitrogen functional groups attached to an aromatic ring is 1. The Labute approximate surface area is 125 Å². The highest BCUT2D eigenvalue weighted by atomic mass is 15.3. The standard InChI is InChI=1S/C16H21N5/c1-20-10-13-6-4-3-5-12(13)9-14(20)11-21(2)16-18-8-7-15(17)19-16/h3-8,14H,9-11H2,1-2H3,(H2,17,18,19)/t14-/m0/s1. The van der Waals surface area contributed by atoms with E-state index in [9.17, 15) is 0 Å². The second-order valence-electron chi connectivity index (χ2n) is 5.70. The van der Waals surface area contributed by atoms with Crippen LogP contribution in [-0.2, 0) is 13.0 Å². The Morgan fingerprint density at radius 1 is 1.29 bits per heavy atom. The van der Waals surface area contributed by atoms with Crippen molar-refractivity contribution in [3.05, 3.63) is 47.7 Å². The van der Waals surface area contributed by atoms with E-state index >= 15 is 0 Å². The molecule has 1 aromatic heterocycles. The molecule has 1 aliphatic rings. The number of benzene rings is 1. The van der Waals surface area contributed by atoms with Crippen LogP contribution in [0, 0.1) is 0 Å². The zero-order valence-electron chi connectivity index (χ0n) is 12.5. The van der Waals surface area contributed by atoms with E-state index in [1.165, 1.54) is 11.1 Å². The molecule has 0 amide bonds. The molecule has 0 fully saturated rings. The van der Waals surface area contributed by atoms with Crippen molar-refractivity contribution in [3.8, 4) is 0 Å². The average molecular weight is 283 g/mol. The lowest BCUT2D eigenvalue weighted by atomic mass is 9.94. The molecule has 0 saturated carbocycles. The number of likely N-dealkylation sites (N-methyl/N-ethyl adjacent to an activating group) is 2. The first-order valence-electron chi connectivity index (χ1n) is 7.20. The lowest BCUT2D eigenvalue weighted by Crippen LogP contribution is -2.45. The van der Waals surface area contributed by atoms with Gasteiger partial charge in [-0.2, -0.15) is 4.98 Å². The predicted octanol–water partition coefficient (Wildman–Crippen LogP) is 1.55. The molecule has 2 aromatic rings. The molecule has 5 nitrogen and oxygen atoms in total. The fraction of sp³-hybridized carbons (Fsp3) is 0.375. The summed E-state index contributed by atoms with van der Waals surface area (Å²) in [5.74, 6) is 1.19. The minimum absolute atomic E-state index is 0.454. The van der Waals surface area contributed by atoms with Gasteiger partial charge in [-0.1, -0.05) is 24.3 Å². The number of fused-ring (bicyclic) bond motifs is 1. The quantitative estimate of drug-likeness (QED) is 0.926. The summed E-state index contributed by atoms with van der Waals surface area (Å²) in [7, 11) is 4.19. The van der Waals surface area contributed by atoms with Crippen molar-refractivity contribution in [2.45, 2.75) is 19.0 Å². The minimum Gasteiger partial charge on any atom is -0.384 e. The van der Waals surface area contributed by atoms with Gasteiger partial charge in [0.05, 0.1) is 0 Å². The predicted molar refractivity (Wildman–Crippen MR) is 85.1 cm³/mol. The van der Waals surface area contributed by atoms with Gasteiger partial charge in [0, 0.05) is 32.4 Å². The summed E-state index contributed by atoms with van der Waals surface area (Å²) >= 11 is 0. The van der Waals surface area contributed by atoms with Crippen molar-refractivity contribution in [1.82, 2.24) is 14.9 Å². The molecule has 21 heavy (non-hydrogen) atoms. The maximum absolute atomic E-state index is 5.73. The Kier molecular flexibility index (Phi) is 3.75. The van der Waals surface area contributed by atoms with Gasteiger partial charge < -0.3 is 10.6 Å². The zero-order chi connectivity index (χ0) is 14.8. The molecule has 2 heterocycles. The third-order valence-electron chi connectivity index (χ3n) is 4.11. The van der Waals surface area contributed by atoms with Crippen molar-refractivity contribution < 1.29 is 0 Å². The smallest absolute Gasteiger partial charge is 0.227 e. The highest BCUT2D eigenvalue weighted by Gasteiger charge is 2.24. The van der Waals surface area contributed by atoms with Crippen LogP contribution in [0.5, 0.6) is 0 Å². The number of rotatable bonds is 3. The van der Waals surface area contributed by atoms with Crippen LogP contribution in [0.1, 0.15) is 11.1 Å². The van der Waals surface area contributed by atoms with Crippen LogP contribution < -0.4 is 10.6 Å². The van der Waals surface area contributed by atoms with E-state index in [1.54, 1.807) is 12.3 Å². The number of nitrogens with zero attached hydrogens (tertiary/aromatic N) is 4. The van der Waals surface area contributed by atoms with Crippen LogP contribution in [0.25, 0.3) is 0 Å². The summed E-state index contributed by atoms with van der Waals surface area (Å²) in [5.41, 5.74) is 8.61. The van der Waals surface area contributed by atoms with E-state index in [0.717, 1.165) is 19.5 Å². The van der Waals surface area contributed by atoms with Crippen molar-refractivity contribution in [3.63, 3.8) is 0 Å². The second kappa shape index (κ2) is 5.69. The first-order chi connectivity index (χ1) is 10.1. The van der Waals surface area contributed by atoms with Gasteiger partial charge in [0.15, 0.2) is 0 Å². The van der Waals surface area contributed by atoms with Gasteiger partial charge >= 0.3 is 0 Å². The average Bonchev–Trinajstić information content (AvgIpc) is 2.48. The van der Waals surface area contributed by atoms with E-state index in [2.05, 4.69) is 51.1 Å². The van der Waals surface area contributed by atoms with Crippen LogP contribution in [0.15, 0.2) is 36.5 Å². The van der Waals surface area contributed by atoms with Gasteiger partial charge in [-0.3, -0.25) is 4.90 Å². The molecular formula is C16H21N5. The Morgan fingerprint density at radius 2 is 2.05 bits per heavy atom. The normalized spacial score (nSPS) is 18.3. The summed E-state index contributed by atoms with van der Waals surface area (Å²) in [5, 5.41) is 0. The Balaban J connectivity index is 1.73. The largest absolute Gasteiger partial charge is 0.384 e. The lowest BCUT2D eigenvalue weighted by Gasteiger charge is -2.36. The maximum Gasteiger partial charge on any atom is 0.227 e. The maximum atomic E-state index is 5.73. The van der Waals surface area contributed by atoms with Gasteiger partial charge in [-0.25, -0.2) is 4.98 Å². The van der Waals surface area contributed by atoms with Crippen molar-refractivity contribution in [1.29, 1.82) is 0 Å². The number of hydrogen-bond acceptors (Lipinski definition) is 5. The van der Waals surface area contributed by atoms with Crippen LogP contribution in [0.4, 0.5) is 11.8 Å². The van der Waals surface area contributed by atoms with Crippen LogP contribution in [0.3, 0.4) is 0 Å². The minimum atomic E-state index is 0.454. The Hall–Kier alpha value is -2.14. The van der Waals surface area contributed by atoms with E-state index in [0.29, 0.717) is 17.8 Å². The summed E-state index contributed by atoms with van der Waals surface area (Å²) < 4.78 is 0. The zero-order valence-corrected chi connectivity index (χ0v) is 12.5. The fourth-order valence-corrected chi connectivity index (χ4v) is 2.87. The number of hydrogen-bond donors (Lipinski definition) is 1. The molecule has 110 valence electrons. The number of anilines is 2. The highest BCUT2D eigenvalue weighted by Crippen LogP contribution is 2.23. The monoisotopic (exact) mass is 283 g/mol. The van der Waals surface area contributed by atoms with E-state index in [4.69, 9.17) is 5.73 Å². The summed E-state index contributed by atoms with van der Waals surface area (Å²) in [6.45, 7) is 1.88. The van der Waals surface area contributed by atoms with Gasteiger partial charge in [-0.05, 0) is 30.7 Å². The summed E-state index contributed by atoms with van der Waals surface area (Å²) in [6.07, 6.45) is 2.76. The van der Waals surface area contributed by atoms with Crippen molar-refractivity contribution in [2.75, 3.05) is 31.3 Å². The lowest BCUT2D eigenvalue weighted by molar-refractivity contribution is 0.218. The first-order valence-corrected chi connectivity index (χ1v) is 7.20. The molecule has 0 unspecified atom stereocenters. The van der Waals surface area contributed by atoms with Gasteiger partial charge in [0.1, 0.15) is 5.82 Å². The van der Waals surface area contributed by atoms with Crippen LogP contribution >= 0.6 is 0 Å². The van der Waals surface area contributed by atoms with Crippen LogP contribution in [0.2, 0.25) is 0 Å². The van der Waals surface area contributed by atoms with Gasteiger partial charge in [0.25, 0.3) is 0 Å². The fourth-order valence-electron chi connectivity index (χ4n) is 2.87. The molecule has 0 aliphatic carbocycles. The molecule has 1 aromatic carbocycles. The SMILES string of the molecule is CN(C[C@@H]1Cc2ccccc2CN1C)c1nccc(N)n1. The molecule has 0 bridgehead atoms. The summed E-state index contributed by atoms with van der Waals surface area (Å²) in [4.78, 5) is 13.0. The molecular weight excluding hydrogens is 262 g/mol. The molecule has 1 atom stereocenters. The van der Waals surface area contributed by atoms with E-state index in [-0.39, 0.29) is 0 Å². The molecule has 5 heteroatoms. The van der Waals surface area contributed by atoms with Crippen molar-refractivity contribution >= 4 is 11.8 Å². The Morgan fingerprint density at radius 3 is 2.81 bits per heavy atom. The molecule has 0 spiro atoms. The molecule has 1 aliphatic heterocycles. The van der Waals surface area contributed by atoms with E-state index in [1.807, 2.05) is 7.05 Å². The van der Waals surface area contributed by atoms with Gasteiger partial charge in [0.2, 0.25) is 5.95 Å². The molecule has 0 saturated heterocycles. The first kappa shape index (κ1) is 13.8. The van der Waals surface area contributed by atoms with E-state index < -0.39 is 0 Å². The third kappa shape index (κ3) is 2.97. The molecule has 2 N–H and O–H groups in total. The summed E-state index contributed by atoms with van der Waals surface area (Å²) in [6, 6.07) is 10.8. The Bertz CT molecular complexity index is 628. The topological polar surface area (TPSA) is 58.3 Å². The van der Waals surface area contributed by atoms with Crippen molar-refractivity contribution in [2.24, 2.45) is 0 Å². The molecule has 3 rings (SSSR count). The number of aromatic nitrogens is 2. The van der Waals surface area contributed by atoms with Crippen LogP contribution in [-0.4, -0.2) is 41.5 Å². The number of nitrogens with two attached hydrogens (primary N) is 1. The molecule has 0 radical (unpaired) electrons. The highest BCUT2D eigenvalue weighted by molar-refractivity contribution is 5.37.